The smallest absolute Gasteiger partial charge is 0.00973 e. The summed E-state index contributed by atoms with van der Waals surface area (Å²) in [5, 5.41) is 0. The van der Waals surface area contributed by atoms with Crippen LogP contribution in [0, 0.1) is 23.2 Å². The molecule has 0 spiro atoms. The number of thiol groups is 1. The largest absolute Gasteiger partial charge is 0.255 e. The molecular weight excluding hydrogens is 210 g/mol. The highest BCUT2D eigenvalue weighted by Gasteiger charge is 2.45. The molecule has 2 saturated carbocycles. The van der Waals surface area contributed by atoms with Gasteiger partial charge in [0, 0.05) is 6.54 Å². The third-order valence-electron chi connectivity index (χ3n) is 4.44. The Kier molecular flexibility index (Phi) is 3.40. The van der Waals surface area contributed by atoms with E-state index >= 15 is 0 Å². The van der Waals surface area contributed by atoms with E-state index in [2.05, 4.69) is 30.2 Å². The Bertz CT molecular complexity index is 205. The van der Waals surface area contributed by atoms with E-state index in [0.717, 1.165) is 24.3 Å². The Morgan fingerprint density at radius 1 is 1.43 bits per heavy atom. The maximum absolute atomic E-state index is 4.13. The Labute approximate surface area is 96.7 Å². The molecule has 2 aliphatic rings. The lowest BCUT2D eigenvalue weighted by Crippen LogP contribution is -2.26. The van der Waals surface area contributed by atoms with Crippen LogP contribution in [-0.4, -0.2) is 6.54 Å². The van der Waals surface area contributed by atoms with Gasteiger partial charge in [0.2, 0.25) is 0 Å². The zero-order valence-corrected chi connectivity index (χ0v) is 10.8. The van der Waals surface area contributed by atoms with Gasteiger partial charge >= 0.3 is 0 Å². The topological polar surface area (TPSA) is 12.0 Å². The maximum Gasteiger partial charge on any atom is 0.00973 e. The van der Waals surface area contributed by atoms with Crippen molar-refractivity contribution in [1.82, 2.24) is 4.72 Å². The summed E-state index contributed by atoms with van der Waals surface area (Å²) >= 11 is 4.13. The van der Waals surface area contributed by atoms with Crippen molar-refractivity contribution in [2.75, 3.05) is 6.54 Å². The third kappa shape index (κ3) is 2.10. The molecule has 3 atom stereocenters. The molecule has 3 heteroatoms. The molecule has 2 bridgehead atoms. The van der Waals surface area contributed by atoms with E-state index in [-0.39, 0.29) is 0 Å². The molecule has 0 aliphatic heterocycles. The number of hydrogen-bond acceptors (Lipinski definition) is 3. The Morgan fingerprint density at radius 2 is 2.21 bits per heavy atom. The molecule has 0 aromatic rings. The summed E-state index contributed by atoms with van der Waals surface area (Å²) in [7, 11) is 1.47. The standard InChI is InChI=1S/C11H21NS2/c1-11(2)6-9-5-10(11)4-3-8(9)7-12-14-13/h8-10,12-13H,3-7H2,1-2H3/t8-,9+,10-/m0/s1. The van der Waals surface area contributed by atoms with E-state index in [1.807, 2.05) is 0 Å². The lowest BCUT2D eigenvalue weighted by atomic mass is 9.77. The minimum absolute atomic E-state index is 0.619. The average molecular weight is 231 g/mol. The molecule has 0 radical (unpaired) electrons. The van der Waals surface area contributed by atoms with Gasteiger partial charge in [-0.25, -0.2) is 0 Å². The van der Waals surface area contributed by atoms with Crippen LogP contribution >= 0.6 is 22.6 Å². The van der Waals surface area contributed by atoms with E-state index in [1.165, 1.54) is 36.7 Å². The summed E-state index contributed by atoms with van der Waals surface area (Å²) in [4.78, 5) is 0. The van der Waals surface area contributed by atoms with Crippen LogP contribution in [0.1, 0.15) is 39.5 Å². The SMILES string of the molecule is CC1(C)C[C@H]2C[C@@H]1CC[C@H]2CNSS. The first-order valence-corrected chi connectivity index (χ1v) is 7.53. The van der Waals surface area contributed by atoms with Crippen molar-refractivity contribution < 1.29 is 0 Å². The fourth-order valence-corrected chi connectivity index (χ4v) is 4.05. The van der Waals surface area contributed by atoms with E-state index in [0.29, 0.717) is 5.41 Å². The van der Waals surface area contributed by atoms with Gasteiger partial charge in [0.1, 0.15) is 0 Å². The van der Waals surface area contributed by atoms with Gasteiger partial charge in [-0.15, -0.1) is 0 Å². The zero-order chi connectivity index (χ0) is 10.2. The van der Waals surface area contributed by atoms with E-state index in [9.17, 15) is 0 Å². The highest BCUT2D eigenvalue weighted by molar-refractivity contribution is 8.67. The van der Waals surface area contributed by atoms with Gasteiger partial charge in [0.15, 0.2) is 0 Å². The molecule has 2 aliphatic carbocycles. The Balaban J connectivity index is 1.93. The lowest BCUT2D eigenvalue weighted by molar-refractivity contribution is 0.217. The van der Waals surface area contributed by atoms with Crippen LogP contribution in [0.2, 0.25) is 0 Å². The van der Waals surface area contributed by atoms with Crippen LogP contribution in [0.15, 0.2) is 0 Å². The van der Waals surface area contributed by atoms with Gasteiger partial charge in [-0.2, -0.15) is 0 Å². The first kappa shape index (κ1) is 11.2. The fraction of sp³-hybridized carbons (Fsp3) is 1.00. The fourth-order valence-electron chi connectivity index (χ4n) is 3.54. The van der Waals surface area contributed by atoms with Crippen LogP contribution < -0.4 is 4.72 Å². The van der Waals surface area contributed by atoms with Gasteiger partial charge in [-0.05, 0) is 59.8 Å². The van der Waals surface area contributed by atoms with Crippen LogP contribution in [0.5, 0.6) is 0 Å². The molecule has 2 fully saturated rings. The van der Waals surface area contributed by atoms with Gasteiger partial charge in [-0.1, -0.05) is 25.5 Å². The number of fused-ring (bicyclic) bond motifs is 2. The normalized spacial score (nSPS) is 40.1. The Morgan fingerprint density at radius 3 is 2.93 bits per heavy atom. The maximum atomic E-state index is 4.13. The number of nitrogens with one attached hydrogen (secondary N) is 1. The van der Waals surface area contributed by atoms with Crippen molar-refractivity contribution >= 4 is 22.6 Å². The molecule has 0 aromatic carbocycles. The minimum atomic E-state index is 0.619. The molecule has 2 rings (SSSR count). The van der Waals surface area contributed by atoms with Crippen molar-refractivity contribution in [2.45, 2.75) is 39.5 Å². The second-order valence-electron chi connectivity index (χ2n) is 5.66. The molecule has 82 valence electrons. The molecule has 0 saturated heterocycles. The van der Waals surface area contributed by atoms with Crippen molar-refractivity contribution in [3.8, 4) is 0 Å². The highest BCUT2D eigenvalue weighted by Crippen LogP contribution is 2.55. The predicted molar refractivity (Wildman–Crippen MR) is 67.3 cm³/mol. The van der Waals surface area contributed by atoms with Crippen LogP contribution in [0.3, 0.4) is 0 Å². The Hall–Kier alpha value is 0.660. The number of rotatable bonds is 3. The van der Waals surface area contributed by atoms with Crippen molar-refractivity contribution in [3.05, 3.63) is 0 Å². The highest BCUT2D eigenvalue weighted by atomic mass is 33.1. The average Bonchev–Trinajstić information content (AvgIpc) is 2.37. The molecule has 0 amide bonds. The van der Waals surface area contributed by atoms with Crippen molar-refractivity contribution in [3.63, 3.8) is 0 Å². The molecule has 0 unspecified atom stereocenters. The summed E-state index contributed by atoms with van der Waals surface area (Å²) in [5.41, 5.74) is 0.619. The second kappa shape index (κ2) is 4.26. The summed E-state index contributed by atoms with van der Waals surface area (Å²) in [5.74, 6) is 2.90. The molecule has 14 heavy (non-hydrogen) atoms. The van der Waals surface area contributed by atoms with E-state index in [1.54, 1.807) is 0 Å². The molecule has 0 heterocycles. The van der Waals surface area contributed by atoms with Gasteiger partial charge < -0.3 is 0 Å². The quantitative estimate of drug-likeness (QED) is 0.438. The molecular formula is C11H21NS2. The minimum Gasteiger partial charge on any atom is -0.255 e. The van der Waals surface area contributed by atoms with E-state index in [4.69, 9.17) is 0 Å². The number of hydrogen-bond donors (Lipinski definition) is 2. The summed E-state index contributed by atoms with van der Waals surface area (Å²) < 4.78 is 3.31. The lowest BCUT2D eigenvalue weighted by Gasteiger charge is -2.30. The monoisotopic (exact) mass is 231 g/mol. The van der Waals surface area contributed by atoms with Crippen molar-refractivity contribution in [1.29, 1.82) is 0 Å². The summed E-state index contributed by atoms with van der Waals surface area (Å²) in [6.45, 7) is 6.07. The van der Waals surface area contributed by atoms with Gasteiger partial charge in [0.05, 0.1) is 0 Å². The molecule has 1 N–H and O–H groups in total. The summed E-state index contributed by atoms with van der Waals surface area (Å²) in [6, 6.07) is 0. The first-order chi connectivity index (χ1) is 6.63. The van der Waals surface area contributed by atoms with Crippen molar-refractivity contribution in [2.24, 2.45) is 23.2 Å². The van der Waals surface area contributed by atoms with Crippen LogP contribution in [0.25, 0.3) is 0 Å². The molecule has 0 aromatic heterocycles. The first-order valence-electron chi connectivity index (χ1n) is 5.67. The zero-order valence-electron chi connectivity index (χ0n) is 9.12. The van der Waals surface area contributed by atoms with Gasteiger partial charge in [0.25, 0.3) is 0 Å². The van der Waals surface area contributed by atoms with Crippen LogP contribution in [-0.2, 0) is 0 Å². The summed E-state index contributed by atoms with van der Waals surface area (Å²) in [6.07, 6.45) is 5.81. The second-order valence-corrected chi connectivity index (χ2v) is 6.68. The van der Waals surface area contributed by atoms with Gasteiger partial charge in [-0.3, -0.25) is 4.72 Å². The predicted octanol–water partition coefficient (Wildman–Crippen LogP) is 3.53. The van der Waals surface area contributed by atoms with Crippen LogP contribution in [0.4, 0.5) is 0 Å². The third-order valence-corrected chi connectivity index (χ3v) is 5.13. The van der Waals surface area contributed by atoms with E-state index < -0.39 is 0 Å². The molecule has 1 nitrogen and oxygen atoms in total.